The van der Waals surface area contributed by atoms with Crippen LogP contribution in [0.15, 0.2) is 18.2 Å². The molecule has 1 aliphatic rings. The molecule has 6 nitrogen and oxygen atoms in total. The van der Waals surface area contributed by atoms with Gasteiger partial charge in [0.1, 0.15) is 11.5 Å². The third kappa shape index (κ3) is 3.80. The van der Waals surface area contributed by atoms with E-state index in [-0.39, 0.29) is 29.0 Å². The van der Waals surface area contributed by atoms with Crippen molar-refractivity contribution in [2.45, 2.75) is 26.7 Å². The Morgan fingerprint density at radius 2 is 1.88 bits per heavy atom. The van der Waals surface area contributed by atoms with E-state index in [2.05, 4.69) is 0 Å². The molecule has 1 saturated heterocycles. The lowest BCUT2D eigenvalue weighted by atomic mass is 9.94. The van der Waals surface area contributed by atoms with Crippen molar-refractivity contribution in [2.75, 3.05) is 33.3 Å². The molecule has 0 aliphatic carbocycles. The minimum Gasteiger partial charge on any atom is -0.507 e. The summed E-state index contributed by atoms with van der Waals surface area (Å²) < 4.78 is 5.03. The number of phenolic OH excluding ortho intramolecular Hbond substituents is 1. The van der Waals surface area contributed by atoms with Crippen molar-refractivity contribution in [3.63, 3.8) is 0 Å². The Morgan fingerprint density at radius 3 is 2.38 bits per heavy atom. The molecule has 1 fully saturated rings. The van der Waals surface area contributed by atoms with E-state index in [1.807, 2.05) is 18.7 Å². The molecule has 0 spiro atoms. The number of carbonyl (C=O) groups excluding carboxylic acids is 2. The average molecular weight is 334 g/mol. The van der Waals surface area contributed by atoms with Crippen molar-refractivity contribution in [1.29, 1.82) is 0 Å². The molecule has 0 unspecified atom stereocenters. The molecule has 0 atom stereocenters. The van der Waals surface area contributed by atoms with Gasteiger partial charge in [-0.1, -0.05) is 0 Å². The summed E-state index contributed by atoms with van der Waals surface area (Å²) in [4.78, 5) is 28.5. The van der Waals surface area contributed by atoms with Crippen LogP contribution in [0.5, 0.6) is 11.5 Å². The highest BCUT2D eigenvalue weighted by molar-refractivity contribution is 5.97. The zero-order valence-corrected chi connectivity index (χ0v) is 14.6. The van der Waals surface area contributed by atoms with Crippen molar-refractivity contribution < 1.29 is 19.4 Å². The van der Waals surface area contributed by atoms with Gasteiger partial charge in [0.25, 0.3) is 5.91 Å². The summed E-state index contributed by atoms with van der Waals surface area (Å²) in [5.74, 6) is 0.384. The number of carbonyl (C=O) groups is 2. The van der Waals surface area contributed by atoms with Gasteiger partial charge in [-0.25, -0.2) is 0 Å². The number of ether oxygens (including phenoxy) is 1. The van der Waals surface area contributed by atoms with Gasteiger partial charge in [-0.3, -0.25) is 9.59 Å². The first-order valence-corrected chi connectivity index (χ1v) is 8.46. The second kappa shape index (κ2) is 8.04. The number of piperidine rings is 1. The number of amides is 2. The zero-order chi connectivity index (χ0) is 17.7. The summed E-state index contributed by atoms with van der Waals surface area (Å²) in [7, 11) is 1.51. The van der Waals surface area contributed by atoms with Crippen LogP contribution in [0, 0.1) is 5.92 Å². The van der Waals surface area contributed by atoms with Crippen LogP contribution < -0.4 is 4.74 Å². The lowest BCUT2D eigenvalue weighted by Crippen LogP contribution is -2.44. The summed E-state index contributed by atoms with van der Waals surface area (Å²) in [6, 6.07) is 4.66. The van der Waals surface area contributed by atoms with E-state index in [0.29, 0.717) is 44.8 Å². The Morgan fingerprint density at radius 1 is 1.25 bits per heavy atom. The molecule has 24 heavy (non-hydrogen) atoms. The topological polar surface area (TPSA) is 70.1 Å². The second-order valence-corrected chi connectivity index (χ2v) is 5.96. The van der Waals surface area contributed by atoms with Gasteiger partial charge in [0.15, 0.2) is 0 Å². The SMILES string of the molecule is CCN(CC)C(=O)C1CCN(C(=O)c2ccc(OC)cc2O)CC1. The molecule has 0 saturated carbocycles. The molecule has 1 aromatic carbocycles. The van der Waals surface area contributed by atoms with Gasteiger partial charge in [0, 0.05) is 38.2 Å². The van der Waals surface area contributed by atoms with Gasteiger partial charge in [0.2, 0.25) is 5.91 Å². The van der Waals surface area contributed by atoms with E-state index in [4.69, 9.17) is 4.74 Å². The van der Waals surface area contributed by atoms with Gasteiger partial charge < -0.3 is 19.6 Å². The van der Waals surface area contributed by atoms with Crippen LogP contribution in [-0.4, -0.2) is 60.0 Å². The fourth-order valence-electron chi connectivity index (χ4n) is 3.11. The normalized spacial score (nSPS) is 15.2. The number of likely N-dealkylation sites (tertiary alicyclic amines) is 1. The van der Waals surface area contributed by atoms with E-state index in [0.717, 1.165) is 0 Å². The van der Waals surface area contributed by atoms with E-state index >= 15 is 0 Å². The standard InChI is InChI=1S/C18H26N2O4/c1-4-19(5-2)17(22)13-8-10-20(11-9-13)18(23)15-7-6-14(24-3)12-16(15)21/h6-7,12-13,21H,4-5,8-11H2,1-3H3. The Hall–Kier alpha value is -2.24. The summed E-state index contributed by atoms with van der Waals surface area (Å²) in [6.45, 7) is 6.45. The Labute approximate surface area is 143 Å². The average Bonchev–Trinajstić information content (AvgIpc) is 2.62. The third-order valence-corrected chi connectivity index (χ3v) is 4.64. The van der Waals surface area contributed by atoms with E-state index in [1.165, 1.54) is 13.2 Å². The highest BCUT2D eigenvalue weighted by Gasteiger charge is 2.30. The number of aromatic hydroxyl groups is 1. The fraction of sp³-hybridized carbons (Fsp3) is 0.556. The molecular weight excluding hydrogens is 308 g/mol. The van der Waals surface area contributed by atoms with E-state index in [9.17, 15) is 14.7 Å². The molecule has 1 aliphatic heterocycles. The van der Waals surface area contributed by atoms with Gasteiger partial charge in [-0.2, -0.15) is 0 Å². The second-order valence-electron chi connectivity index (χ2n) is 5.96. The third-order valence-electron chi connectivity index (χ3n) is 4.64. The number of phenols is 1. The first kappa shape index (κ1) is 18.1. The fourth-order valence-corrected chi connectivity index (χ4v) is 3.11. The van der Waals surface area contributed by atoms with Crippen LogP contribution in [-0.2, 0) is 4.79 Å². The van der Waals surface area contributed by atoms with Gasteiger partial charge in [-0.15, -0.1) is 0 Å². The first-order valence-electron chi connectivity index (χ1n) is 8.46. The largest absolute Gasteiger partial charge is 0.507 e. The van der Waals surface area contributed by atoms with Gasteiger partial charge in [0.05, 0.1) is 12.7 Å². The molecule has 132 valence electrons. The summed E-state index contributed by atoms with van der Waals surface area (Å²) >= 11 is 0. The summed E-state index contributed by atoms with van der Waals surface area (Å²) in [6.07, 6.45) is 1.33. The van der Waals surface area contributed by atoms with Crippen LogP contribution in [0.3, 0.4) is 0 Å². The molecule has 1 N–H and O–H groups in total. The minimum absolute atomic E-state index is 0.0154. The number of rotatable bonds is 5. The molecular formula is C18H26N2O4. The number of methoxy groups -OCH3 is 1. The molecule has 0 bridgehead atoms. The first-order chi connectivity index (χ1) is 11.5. The quantitative estimate of drug-likeness (QED) is 0.895. The lowest BCUT2D eigenvalue weighted by molar-refractivity contribution is -0.136. The van der Waals surface area contributed by atoms with Gasteiger partial charge >= 0.3 is 0 Å². The molecule has 2 amide bonds. The maximum Gasteiger partial charge on any atom is 0.257 e. The minimum atomic E-state index is -0.205. The summed E-state index contributed by atoms with van der Waals surface area (Å²) in [5.41, 5.74) is 0.268. The zero-order valence-electron chi connectivity index (χ0n) is 14.6. The van der Waals surface area contributed by atoms with Crippen LogP contribution >= 0.6 is 0 Å². The molecule has 2 rings (SSSR count). The maximum absolute atomic E-state index is 12.6. The number of benzene rings is 1. The van der Waals surface area contributed by atoms with Crippen molar-refractivity contribution in [3.05, 3.63) is 23.8 Å². The smallest absolute Gasteiger partial charge is 0.257 e. The Kier molecular flexibility index (Phi) is 6.06. The van der Waals surface area contributed by atoms with Crippen molar-refractivity contribution >= 4 is 11.8 Å². The molecule has 6 heteroatoms. The molecule has 0 aromatic heterocycles. The predicted octanol–water partition coefficient (Wildman–Crippen LogP) is 2.12. The van der Waals surface area contributed by atoms with E-state index < -0.39 is 0 Å². The Bertz CT molecular complexity index is 591. The highest BCUT2D eigenvalue weighted by atomic mass is 16.5. The summed E-state index contributed by atoms with van der Waals surface area (Å²) in [5, 5.41) is 10.0. The molecule has 0 radical (unpaired) electrons. The van der Waals surface area contributed by atoms with Crippen LogP contribution in [0.2, 0.25) is 0 Å². The lowest BCUT2D eigenvalue weighted by Gasteiger charge is -2.33. The highest BCUT2D eigenvalue weighted by Crippen LogP contribution is 2.27. The number of hydrogen-bond donors (Lipinski definition) is 1. The predicted molar refractivity (Wildman–Crippen MR) is 91.2 cm³/mol. The van der Waals surface area contributed by atoms with Crippen LogP contribution in [0.1, 0.15) is 37.0 Å². The van der Waals surface area contributed by atoms with Crippen molar-refractivity contribution in [3.8, 4) is 11.5 Å². The molecule has 1 heterocycles. The monoisotopic (exact) mass is 334 g/mol. The van der Waals surface area contributed by atoms with Crippen molar-refractivity contribution in [1.82, 2.24) is 9.80 Å². The Balaban J connectivity index is 1.99. The molecule has 1 aromatic rings. The van der Waals surface area contributed by atoms with Crippen LogP contribution in [0.4, 0.5) is 0 Å². The number of nitrogens with zero attached hydrogens (tertiary/aromatic N) is 2. The van der Waals surface area contributed by atoms with Crippen LogP contribution in [0.25, 0.3) is 0 Å². The number of hydrogen-bond acceptors (Lipinski definition) is 4. The van der Waals surface area contributed by atoms with Gasteiger partial charge in [-0.05, 0) is 38.8 Å². The van der Waals surface area contributed by atoms with E-state index in [1.54, 1.807) is 17.0 Å². The van der Waals surface area contributed by atoms with Crippen molar-refractivity contribution in [2.24, 2.45) is 5.92 Å². The maximum atomic E-state index is 12.6.